The number of aliphatic hydroxyl groups excluding tert-OH is 1. The van der Waals surface area contributed by atoms with Crippen LogP contribution in [-0.2, 0) is 13.0 Å². The van der Waals surface area contributed by atoms with E-state index in [-0.39, 0.29) is 0 Å². The normalized spacial score (nSPS) is 31.5. The van der Waals surface area contributed by atoms with Crippen molar-refractivity contribution in [2.45, 2.75) is 25.4 Å². The Morgan fingerprint density at radius 1 is 1.64 bits per heavy atom. The van der Waals surface area contributed by atoms with Crippen molar-refractivity contribution in [3.8, 4) is 0 Å². The Kier molecular flexibility index (Phi) is 1.85. The van der Waals surface area contributed by atoms with Crippen LogP contribution in [0.25, 0.3) is 0 Å². The third kappa shape index (κ3) is 1.18. The van der Waals surface area contributed by atoms with E-state index in [9.17, 15) is 0 Å². The summed E-state index contributed by atoms with van der Waals surface area (Å²) in [7, 11) is 0. The molecule has 1 saturated heterocycles. The largest absolute Gasteiger partial charge is 0.396 e. The van der Waals surface area contributed by atoms with E-state index in [0.29, 0.717) is 18.6 Å². The van der Waals surface area contributed by atoms with Crippen LogP contribution in [0.1, 0.15) is 17.8 Å². The lowest BCUT2D eigenvalue weighted by molar-refractivity contribution is 0.203. The topological polar surface area (TPSA) is 52.2 Å². The number of aromatic amines is 1. The first-order chi connectivity index (χ1) is 6.86. The third-order valence-electron chi connectivity index (χ3n) is 3.47. The number of aromatic nitrogens is 2. The lowest BCUT2D eigenvalue weighted by Crippen LogP contribution is -2.35. The number of nitrogens with one attached hydrogen (secondary N) is 1. The van der Waals surface area contributed by atoms with E-state index in [2.05, 4.69) is 14.9 Å². The molecule has 0 aromatic carbocycles. The van der Waals surface area contributed by atoms with E-state index >= 15 is 0 Å². The molecule has 14 heavy (non-hydrogen) atoms. The molecule has 2 aliphatic heterocycles. The summed E-state index contributed by atoms with van der Waals surface area (Å²) in [5.74, 6) is 0.476. The SMILES string of the molecule is OCC1CC2Cc3nc[nH]c3CN2C1. The smallest absolute Gasteiger partial charge is 0.0925 e. The van der Waals surface area contributed by atoms with Crippen LogP contribution >= 0.6 is 0 Å². The number of hydrogen-bond acceptors (Lipinski definition) is 3. The summed E-state index contributed by atoms with van der Waals surface area (Å²) >= 11 is 0. The lowest BCUT2D eigenvalue weighted by Gasteiger charge is -2.28. The number of imidazole rings is 1. The molecule has 1 aromatic heterocycles. The van der Waals surface area contributed by atoms with Gasteiger partial charge in [-0.2, -0.15) is 0 Å². The number of H-pyrrole nitrogens is 1. The molecular weight excluding hydrogens is 178 g/mol. The van der Waals surface area contributed by atoms with Gasteiger partial charge < -0.3 is 10.1 Å². The van der Waals surface area contributed by atoms with Crippen molar-refractivity contribution in [1.29, 1.82) is 0 Å². The van der Waals surface area contributed by atoms with E-state index in [4.69, 9.17) is 5.11 Å². The summed E-state index contributed by atoms with van der Waals surface area (Å²) in [6.45, 7) is 2.35. The van der Waals surface area contributed by atoms with Crippen LogP contribution < -0.4 is 0 Å². The second kappa shape index (κ2) is 3.07. The van der Waals surface area contributed by atoms with Crippen molar-refractivity contribution >= 4 is 0 Å². The molecule has 4 nitrogen and oxygen atoms in total. The third-order valence-corrected chi connectivity index (χ3v) is 3.47. The highest BCUT2D eigenvalue weighted by molar-refractivity contribution is 5.17. The molecule has 0 aliphatic carbocycles. The number of fused-ring (bicyclic) bond motifs is 2. The van der Waals surface area contributed by atoms with Crippen LogP contribution in [0.2, 0.25) is 0 Å². The first-order valence-corrected chi connectivity index (χ1v) is 5.23. The fraction of sp³-hybridized carbons (Fsp3) is 0.700. The van der Waals surface area contributed by atoms with Crippen molar-refractivity contribution in [3.05, 3.63) is 17.7 Å². The zero-order chi connectivity index (χ0) is 9.54. The number of hydrogen-bond donors (Lipinski definition) is 2. The summed E-state index contributed by atoms with van der Waals surface area (Å²) in [5.41, 5.74) is 2.49. The van der Waals surface area contributed by atoms with Gasteiger partial charge in [0.25, 0.3) is 0 Å². The van der Waals surface area contributed by atoms with E-state index in [1.165, 1.54) is 11.4 Å². The molecule has 4 heteroatoms. The number of nitrogens with zero attached hydrogens (tertiary/aromatic N) is 2. The van der Waals surface area contributed by atoms with Gasteiger partial charge in [0.1, 0.15) is 0 Å². The molecule has 2 N–H and O–H groups in total. The van der Waals surface area contributed by atoms with E-state index in [1.54, 1.807) is 6.33 Å². The van der Waals surface area contributed by atoms with Crippen molar-refractivity contribution in [3.63, 3.8) is 0 Å². The first kappa shape index (κ1) is 8.44. The highest BCUT2D eigenvalue weighted by Crippen LogP contribution is 2.31. The average Bonchev–Trinajstić information content (AvgIpc) is 2.77. The Morgan fingerprint density at radius 3 is 3.43 bits per heavy atom. The van der Waals surface area contributed by atoms with Gasteiger partial charge in [-0.15, -0.1) is 0 Å². The highest BCUT2D eigenvalue weighted by atomic mass is 16.3. The van der Waals surface area contributed by atoms with Gasteiger partial charge in [0, 0.05) is 32.2 Å². The monoisotopic (exact) mass is 193 g/mol. The maximum absolute atomic E-state index is 9.13. The zero-order valence-corrected chi connectivity index (χ0v) is 8.11. The molecule has 2 atom stereocenters. The second-order valence-electron chi connectivity index (χ2n) is 4.40. The minimum Gasteiger partial charge on any atom is -0.396 e. The molecule has 1 fully saturated rings. The van der Waals surface area contributed by atoms with Gasteiger partial charge >= 0.3 is 0 Å². The van der Waals surface area contributed by atoms with E-state index < -0.39 is 0 Å². The van der Waals surface area contributed by atoms with Crippen LogP contribution in [-0.4, -0.2) is 39.2 Å². The first-order valence-electron chi connectivity index (χ1n) is 5.23. The van der Waals surface area contributed by atoms with E-state index in [0.717, 1.165) is 25.9 Å². The van der Waals surface area contributed by atoms with Gasteiger partial charge in [-0.1, -0.05) is 0 Å². The summed E-state index contributed by atoms with van der Waals surface area (Å²) < 4.78 is 0. The van der Waals surface area contributed by atoms with Crippen molar-refractivity contribution in [2.75, 3.05) is 13.2 Å². The van der Waals surface area contributed by atoms with Crippen LogP contribution in [0, 0.1) is 5.92 Å². The molecule has 0 radical (unpaired) electrons. The Balaban J connectivity index is 1.82. The summed E-state index contributed by atoms with van der Waals surface area (Å²) in [5, 5.41) is 9.13. The summed E-state index contributed by atoms with van der Waals surface area (Å²) in [6.07, 6.45) is 3.97. The maximum atomic E-state index is 9.13. The van der Waals surface area contributed by atoms with Crippen molar-refractivity contribution in [1.82, 2.24) is 14.9 Å². The maximum Gasteiger partial charge on any atom is 0.0925 e. The Morgan fingerprint density at radius 2 is 2.57 bits per heavy atom. The predicted molar refractivity (Wildman–Crippen MR) is 51.7 cm³/mol. The molecule has 0 bridgehead atoms. The second-order valence-corrected chi connectivity index (χ2v) is 4.40. The van der Waals surface area contributed by atoms with Crippen LogP contribution in [0.3, 0.4) is 0 Å². The van der Waals surface area contributed by atoms with Crippen LogP contribution in [0.5, 0.6) is 0 Å². The molecule has 1 aromatic rings. The van der Waals surface area contributed by atoms with Crippen molar-refractivity contribution < 1.29 is 5.11 Å². The molecule has 76 valence electrons. The average molecular weight is 193 g/mol. The Hall–Kier alpha value is -0.870. The van der Waals surface area contributed by atoms with Crippen molar-refractivity contribution in [2.24, 2.45) is 5.92 Å². The van der Waals surface area contributed by atoms with Gasteiger partial charge in [0.05, 0.1) is 17.7 Å². The van der Waals surface area contributed by atoms with Crippen LogP contribution in [0.4, 0.5) is 0 Å². The Bertz CT molecular complexity index is 307. The highest BCUT2D eigenvalue weighted by Gasteiger charge is 2.35. The molecular formula is C10H15N3O. The fourth-order valence-corrected chi connectivity index (χ4v) is 2.72. The zero-order valence-electron chi connectivity index (χ0n) is 8.11. The molecule has 2 aliphatic rings. The minimum absolute atomic E-state index is 0.328. The Labute approximate surface area is 83.0 Å². The van der Waals surface area contributed by atoms with Crippen LogP contribution in [0.15, 0.2) is 6.33 Å². The van der Waals surface area contributed by atoms with Gasteiger partial charge in [0.2, 0.25) is 0 Å². The fourth-order valence-electron chi connectivity index (χ4n) is 2.72. The molecule has 0 amide bonds. The van der Waals surface area contributed by atoms with Gasteiger partial charge in [-0.3, -0.25) is 4.90 Å². The molecule has 3 heterocycles. The minimum atomic E-state index is 0.328. The molecule has 0 saturated carbocycles. The summed E-state index contributed by atoms with van der Waals surface area (Å²) in [4.78, 5) is 9.97. The van der Waals surface area contributed by atoms with Gasteiger partial charge in [-0.25, -0.2) is 4.98 Å². The van der Waals surface area contributed by atoms with Gasteiger partial charge in [-0.05, 0) is 12.3 Å². The lowest BCUT2D eigenvalue weighted by atomic mass is 10.0. The molecule has 3 rings (SSSR count). The number of rotatable bonds is 1. The van der Waals surface area contributed by atoms with Gasteiger partial charge in [0.15, 0.2) is 0 Å². The predicted octanol–water partition coefficient (Wildman–Crippen LogP) is 0.149. The summed E-state index contributed by atoms with van der Waals surface area (Å²) in [6, 6.07) is 0.614. The van der Waals surface area contributed by atoms with E-state index in [1.807, 2.05) is 0 Å². The standard InChI is InChI=1S/C10H15N3O/c14-5-7-1-8-2-9-10(12-6-11-9)4-13(8)3-7/h6-8,14H,1-5H2,(H,11,12). The molecule has 2 unspecified atom stereocenters. The number of aliphatic hydroxyl groups is 1. The quantitative estimate of drug-likeness (QED) is 0.667. The molecule has 0 spiro atoms.